The molecule has 0 radical (unpaired) electrons. The van der Waals surface area contributed by atoms with Crippen molar-refractivity contribution in [2.45, 2.75) is 34.1 Å². The number of carbonyl (C=O) groups excluding carboxylic acids is 1. The molecule has 0 N–H and O–H groups in total. The van der Waals surface area contributed by atoms with Crippen molar-refractivity contribution < 1.29 is 4.79 Å². The van der Waals surface area contributed by atoms with E-state index in [2.05, 4.69) is 46.9 Å². The highest BCUT2D eigenvalue weighted by atomic mass is 127. The van der Waals surface area contributed by atoms with Crippen LogP contribution in [0.15, 0.2) is 30.3 Å². The van der Waals surface area contributed by atoms with E-state index in [1.54, 1.807) is 0 Å². The summed E-state index contributed by atoms with van der Waals surface area (Å²) in [4.78, 5) is 19.3. The number of aromatic nitrogens is 3. The Balaban J connectivity index is 2.18. The van der Waals surface area contributed by atoms with Gasteiger partial charge in [-0.2, -0.15) is 5.10 Å². The Kier molecular flexibility index (Phi) is 5.60. The normalized spacial score (nSPS) is 11.1. The summed E-state index contributed by atoms with van der Waals surface area (Å²) in [5.74, 6) is 0.109. The van der Waals surface area contributed by atoms with E-state index in [1.165, 1.54) is 3.57 Å². The number of likely N-dealkylation sites (N-methyl/N-ethyl adjacent to an activating group) is 1. The number of fused-ring (bicyclic) bond motifs is 1. The van der Waals surface area contributed by atoms with Crippen LogP contribution in [0.3, 0.4) is 0 Å². The summed E-state index contributed by atoms with van der Waals surface area (Å²) in [5, 5.41) is 4.80. The fraction of sp³-hybridized carbons (Fsp3) is 0.350. The lowest BCUT2D eigenvalue weighted by molar-refractivity contribution is -0.130. The van der Waals surface area contributed by atoms with Crippen molar-refractivity contribution in [2.75, 3.05) is 13.1 Å². The summed E-state index contributed by atoms with van der Waals surface area (Å²) in [6, 6.07) is 10.2. The van der Waals surface area contributed by atoms with Gasteiger partial charge in [-0.25, -0.2) is 9.50 Å². The van der Waals surface area contributed by atoms with Crippen LogP contribution in [-0.2, 0) is 11.2 Å². The lowest BCUT2D eigenvalue weighted by Crippen LogP contribution is -2.31. The van der Waals surface area contributed by atoms with E-state index < -0.39 is 0 Å². The average Bonchev–Trinajstić information content (AvgIpc) is 2.95. The maximum absolute atomic E-state index is 12.8. The Morgan fingerprint density at radius 3 is 2.42 bits per heavy atom. The first kappa shape index (κ1) is 18.8. The first-order valence-corrected chi connectivity index (χ1v) is 9.92. The molecule has 136 valence electrons. The molecule has 6 heteroatoms. The minimum atomic E-state index is 0.109. The Morgan fingerprint density at radius 1 is 1.15 bits per heavy atom. The minimum absolute atomic E-state index is 0.109. The van der Waals surface area contributed by atoms with Crippen molar-refractivity contribution in [2.24, 2.45) is 0 Å². The predicted octanol–water partition coefficient (Wildman–Crippen LogP) is 4.03. The van der Waals surface area contributed by atoms with E-state index in [0.29, 0.717) is 19.5 Å². The highest BCUT2D eigenvalue weighted by Gasteiger charge is 2.21. The summed E-state index contributed by atoms with van der Waals surface area (Å²) in [6.45, 7) is 9.41. The number of aryl methyl sites for hydroxylation is 2. The molecule has 0 spiro atoms. The van der Waals surface area contributed by atoms with Crippen LogP contribution in [0.4, 0.5) is 0 Å². The van der Waals surface area contributed by atoms with E-state index in [-0.39, 0.29) is 5.91 Å². The highest BCUT2D eigenvalue weighted by Crippen LogP contribution is 2.28. The number of hydrogen-bond donors (Lipinski definition) is 0. The zero-order valence-electron chi connectivity index (χ0n) is 15.6. The summed E-state index contributed by atoms with van der Waals surface area (Å²) < 4.78 is 3.02. The van der Waals surface area contributed by atoms with Crippen LogP contribution in [0, 0.1) is 17.4 Å². The van der Waals surface area contributed by atoms with Crippen LogP contribution >= 0.6 is 22.6 Å². The van der Waals surface area contributed by atoms with Crippen LogP contribution in [0.25, 0.3) is 16.9 Å². The van der Waals surface area contributed by atoms with Crippen molar-refractivity contribution >= 4 is 34.1 Å². The van der Waals surface area contributed by atoms with Gasteiger partial charge in [0.25, 0.3) is 0 Å². The summed E-state index contributed by atoms with van der Waals surface area (Å²) in [5.41, 5.74) is 5.46. The van der Waals surface area contributed by atoms with Gasteiger partial charge >= 0.3 is 0 Å². The van der Waals surface area contributed by atoms with E-state index in [9.17, 15) is 4.79 Å². The van der Waals surface area contributed by atoms with Crippen molar-refractivity contribution in [3.63, 3.8) is 0 Å². The van der Waals surface area contributed by atoms with Gasteiger partial charge in [0, 0.05) is 39.2 Å². The molecule has 5 nitrogen and oxygen atoms in total. The molecular formula is C20H23IN4O. The number of amides is 1. The first-order valence-electron chi connectivity index (χ1n) is 8.84. The SMILES string of the molecule is CCN(CC)C(=O)Cc1c(-c2ccc(I)cc2)nn2c(C)cc(C)nc12. The van der Waals surface area contributed by atoms with Gasteiger partial charge in [-0.05, 0) is 68.5 Å². The van der Waals surface area contributed by atoms with Crippen molar-refractivity contribution in [3.05, 3.63) is 50.9 Å². The lowest BCUT2D eigenvalue weighted by Gasteiger charge is -2.18. The number of nitrogens with zero attached hydrogens (tertiary/aromatic N) is 4. The van der Waals surface area contributed by atoms with E-state index in [1.807, 2.05) is 43.2 Å². The second kappa shape index (κ2) is 7.73. The maximum Gasteiger partial charge on any atom is 0.227 e. The van der Waals surface area contributed by atoms with Gasteiger partial charge in [0.05, 0.1) is 12.1 Å². The van der Waals surface area contributed by atoms with Crippen LogP contribution < -0.4 is 0 Å². The molecule has 0 aliphatic rings. The monoisotopic (exact) mass is 462 g/mol. The van der Waals surface area contributed by atoms with Crippen molar-refractivity contribution in [3.8, 4) is 11.3 Å². The lowest BCUT2D eigenvalue weighted by atomic mass is 10.0. The Hall–Kier alpha value is -1.96. The highest BCUT2D eigenvalue weighted by molar-refractivity contribution is 14.1. The Labute approximate surface area is 167 Å². The molecule has 0 bridgehead atoms. The van der Waals surface area contributed by atoms with E-state index >= 15 is 0 Å². The molecule has 1 amide bonds. The van der Waals surface area contributed by atoms with Gasteiger partial charge in [-0.3, -0.25) is 4.79 Å². The largest absolute Gasteiger partial charge is 0.343 e. The second-order valence-corrected chi connectivity index (χ2v) is 7.60. The molecule has 0 saturated heterocycles. The molecule has 0 aliphatic heterocycles. The van der Waals surface area contributed by atoms with E-state index in [0.717, 1.165) is 33.9 Å². The molecule has 3 rings (SSSR count). The summed E-state index contributed by atoms with van der Waals surface area (Å²) >= 11 is 2.29. The Morgan fingerprint density at radius 2 is 1.81 bits per heavy atom. The maximum atomic E-state index is 12.8. The van der Waals surface area contributed by atoms with Crippen molar-refractivity contribution in [1.29, 1.82) is 0 Å². The number of halogens is 1. The number of carbonyl (C=O) groups is 1. The molecule has 26 heavy (non-hydrogen) atoms. The molecule has 0 saturated carbocycles. The molecule has 2 heterocycles. The fourth-order valence-electron chi connectivity index (χ4n) is 3.21. The predicted molar refractivity (Wildman–Crippen MR) is 112 cm³/mol. The Bertz CT molecular complexity index is 943. The third-order valence-electron chi connectivity index (χ3n) is 4.55. The third kappa shape index (κ3) is 3.60. The van der Waals surface area contributed by atoms with E-state index in [4.69, 9.17) is 10.1 Å². The molecule has 0 atom stereocenters. The standard InChI is InChI=1S/C20H23IN4O/c1-5-24(6-2)18(26)12-17-19(15-7-9-16(21)10-8-15)23-25-14(4)11-13(3)22-20(17)25/h7-11H,5-6,12H2,1-4H3. The third-order valence-corrected chi connectivity index (χ3v) is 5.27. The van der Waals surface area contributed by atoms with Gasteiger partial charge in [0.1, 0.15) is 0 Å². The minimum Gasteiger partial charge on any atom is -0.343 e. The smallest absolute Gasteiger partial charge is 0.227 e. The van der Waals surface area contributed by atoms with Crippen LogP contribution in [0.5, 0.6) is 0 Å². The second-order valence-electron chi connectivity index (χ2n) is 6.35. The van der Waals surface area contributed by atoms with Gasteiger partial charge in [-0.15, -0.1) is 0 Å². The zero-order chi connectivity index (χ0) is 18.8. The van der Waals surface area contributed by atoms with Crippen molar-refractivity contribution in [1.82, 2.24) is 19.5 Å². The van der Waals surface area contributed by atoms with Crippen LogP contribution in [-0.4, -0.2) is 38.5 Å². The molecule has 0 aliphatic carbocycles. The molecule has 2 aromatic heterocycles. The average molecular weight is 462 g/mol. The molecule has 3 aromatic rings. The van der Waals surface area contributed by atoms with Gasteiger partial charge in [-0.1, -0.05) is 12.1 Å². The summed E-state index contributed by atoms with van der Waals surface area (Å²) in [7, 11) is 0. The fourth-order valence-corrected chi connectivity index (χ4v) is 3.57. The molecule has 0 unspecified atom stereocenters. The topological polar surface area (TPSA) is 50.5 Å². The van der Waals surface area contributed by atoms with Gasteiger partial charge in [0.2, 0.25) is 5.91 Å². The number of hydrogen-bond acceptors (Lipinski definition) is 3. The van der Waals surface area contributed by atoms with Crippen LogP contribution in [0.2, 0.25) is 0 Å². The number of rotatable bonds is 5. The molecule has 0 fully saturated rings. The molecular weight excluding hydrogens is 439 g/mol. The first-order chi connectivity index (χ1) is 12.4. The zero-order valence-corrected chi connectivity index (χ0v) is 17.7. The quantitative estimate of drug-likeness (QED) is 0.539. The van der Waals surface area contributed by atoms with Gasteiger partial charge < -0.3 is 4.90 Å². The summed E-state index contributed by atoms with van der Waals surface area (Å²) in [6.07, 6.45) is 0.308. The molecule has 1 aromatic carbocycles. The van der Waals surface area contributed by atoms with Gasteiger partial charge in [0.15, 0.2) is 5.65 Å². The van der Waals surface area contributed by atoms with Crippen LogP contribution in [0.1, 0.15) is 30.8 Å². The number of benzene rings is 1.